The average Bonchev–Trinajstić information content (AvgIpc) is 3.05. The highest BCUT2D eigenvalue weighted by molar-refractivity contribution is 5.39. The molecule has 0 radical (unpaired) electrons. The van der Waals surface area contributed by atoms with Crippen molar-refractivity contribution in [2.24, 2.45) is 5.41 Å². The number of fused-ring (bicyclic) bond motifs is 1. The van der Waals surface area contributed by atoms with Crippen LogP contribution in [-0.2, 0) is 6.42 Å². The molecule has 0 aliphatic heterocycles. The van der Waals surface area contributed by atoms with Crippen LogP contribution in [0.2, 0.25) is 0 Å². The fourth-order valence-electron chi connectivity index (χ4n) is 2.61. The summed E-state index contributed by atoms with van der Waals surface area (Å²) < 4.78 is 5.81. The number of aliphatic hydroxyl groups is 1. The minimum Gasteiger partial charge on any atom is -0.493 e. The van der Waals surface area contributed by atoms with E-state index in [1.807, 2.05) is 18.2 Å². The van der Waals surface area contributed by atoms with E-state index < -0.39 is 0 Å². The Labute approximate surface area is 107 Å². The van der Waals surface area contributed by atoms with E-state index in [1.165, 1.54) is 5.56 Å². The van der Waals surface area contributed by atoms with Gasteiger partial charge in [0.15, 0.2) is 0 Å². The molecule has 3 heteroatoms. The number of hydrogen-bond acceptors (Lipinski definition) is 3. The molecule has 18 heavy (non-hydrogen) atoms. The Morgan fingerprint density at radius 1 is 1.44 bits per heavy atom. The summed E-state index contributed by atoms with van der Waals surface area (Å²) in [5.74, 6) is 0.868. The van der Waals surface area contributed by atoms with Crippen LogP contribution >= 0.6 is 0 Å². The second-order valence-corrected chi connectivity index (χ2v) is 5.54. The van der Waals surface area contributed by atoms with Gasteiger partial charge in [-0.1, -0.05) is 6.07 Å². The quantitative estimate of drug-likeness (QED) is 0.884. The van der Waals surface area contributed by atoms with E-state index >= 15 is 0 Å². The van der Waals surface area contributed by atoms with Crippen molar-refractivity contribution in [3.8, 4) is 11.8 Å². The summed E-state index contributed by atoms with van der Waals surface area (Å²) in [5.41, 5.74) is 2.36. The molecule has 1 aromatic rings. The van der Waals surface area contributed by atoms with Crippen molar-refractivity contribution in [1.82, 2.24) is 0 Å². The second kappa shape index (κ2) is 4.29. The molecule has 0 heterocycles. The van der Waals surface area contributed by atoms with Crippen molar-refractivity contribution >= 4 is 0 Å². The van der Waals surface area contributed by atoms with E-state index in [4.69, 9.17) is 10.00 Å². The molecule has 1 aromatic carbocycles. The topological polar surface area (TPSA) is 53.2 Å². The number of ether oxygens (including phenoxy) is 1. The molecule has 0 amide bonds. The van der Waals surface area contributed by atoms with Crippen LogP contribution in [0.5, 0.6) is 5.75 Å². The molecule has 0 aromatic heterocycles. The molecule has 2 aliphatic rings. The van der Waals surface area contributed by atoms with Crippen molar-refractivity contribution in [3.05, 3.63) is 29.3 Å². The van der Waals surface area contributed by atoms with Crippen molar-refractivity contribution in [1.29, 1.82) is 5.26 Å². The number of rotatable bonds is 4. The highest BCUT2D eigenvalue weighted by atomic mass is 16.5. The van der Waals surface area contributed by atoms with Crippen LogP contribution in [0.25, 0.3) is 0 Å². The van der Waals surface area contributed by atoms with Crippen molar-refractivity contribution < 1.29 is 9.84 Å². The number of benzene rings is 1. The highest BCUT2D eigenvalue weighted by Crippen LogP contribution is 2.48. The minimum absolute atomic E-state index is 0.118. The zero-order valence-electron chi connectivity index (χ0n) is 10.4. The van der Waals surface area contributed by atoms with E-state index in [0.29, 0.717) is 13.0 Å². The number of aryl methyl sites for hydroxylation is 1. The first kappa shape index (κ1) is 11.6. The molecule has 3 nitrogen and oxygen atoms in total. The summed E-state index contributed by atoms with van der Waals surface area (Å²) in [7, 11) is 0. The summed E-state index contributed by atoms with van der Waals surface area (Å²) in [6.45, 7) is 0.641. The van der Waals surface area contributed by atoms with E-state index in [1.54, 1.807) is 0 Å². The van der Waals surface area contributed by atoms with Crippen LogP contribution in [0.3, 0.4) is 0 Å². The van der Waals surface area contributed by atoms with E-state index in [-0.39, 0.29) is 11.5 Å². The Morgan fingerprint density at radius 3 is 3.00 bits per heavy atom. The largest absolute Gasteiger partial charge is 0.493 e. The lowest BCUT2D eigenvalue weighted by Gasteiger charge is -2.14. The Bertz CT molecular complexity index is 500. The van der Waals surface area contributed by atoms with Gasteiger partial charge in [0.1, 0.15) is 5.75 Å². The van der Waals surface area contributed by atoms with E-state index in [9.17, 15) is 5.11 Å². The second-order valence-electron chi connectivity index (χ2n) is 5.54. The number of nitrogens with zero attached hydrogens (tertiary/aromatic N) is 1. The average molecular weight is 243 g/mol. The molecular weight excluding hydrogens is 226 g/mol. The van der Waals surface area contributed by atoms with Crippen LogP contribution < -0.4 is 4.74 Å². The Hall–Kier alpha value is -1.53. The summed E-state index contributed by atoms with van der Waals surface area (Å²) in [5, 5.41) is 18.5. The van der Waals surface area contributed by atoms with E-state index in [2.05, 4.69) is 6.07 Å². The Kier molecular flexibility index (Phi) is 2.76. The third-order valence-corrected chi connectivity index (χ3v) is 4.12. The highest BCUT2D eigenvalue weighted by Gasteiger charge is 2.43. The molecule has 2 aliphatic carbocycles. The van der Waals surface area contributed by atoms with Gasteiger partial charge in [0.2, 0.25) is 0 Å². The third-order valence-electron chi connectivity index (χ3n) is 4.12. The van der Waals surface area contributed by atoms with Gasteiger partial charge in [0.25, 0.3) is 0 Å². The summed E-state index contributed by atoms with van der Waals surface area (Å²) in [4.78, 5) is 0. The Balaban J connectivity index is 1.66. The first-order chi connectivity index (χ1) is 8.72. The monoisotopic (exact) mass is 243 g/mol. The van der Waals surface area contributed by atoms with Crippen molar-refractivity contribution in [2.45, 2.75) is 38.2 Å². The lowest BCUT2D eigenvalue weighted by molar-refractivity contribution is 0.180. The fraction of sp³-hybridized carbons (Fsp3) is 0.533. The number of hydrogen-bond donors (Lipinski definition) is 1. The zero-order chi connectivity index (χ0) is 12.6. The summed E-state index contributed by atoms with van der Waals surface area (Å²) in [6, 6.07) is 8.17. The van der Waals surface area contributed by atoms with Crippen LogP contribution in [0.15, 0.2) is 18.2 Å². The molecule has 1 atom stereocenters. The standard InChI is InChI=1S/C15H17NO2/c16-8-7-15(5-6-15)10-18-12-2-3-13-11(9-12)1-4-14(13)17/h2-3,9,14,17H,1,4-7,10H2/t14-/m1/s1. The molecule has 0 bridgehead atoms. The molecule has 0 spiro atoms. The first-order valence-corrected chi connectivity index (χ1v) is 6.53. The van der Waals surface area contributed by atoms with Gasteiger partial charge in [-0.2, -0.15) is 5.26 Å². The van der Waals surface area contributed by atoms with Gasteiger partial charge in [0, 0.05) is 11.8 Å². The number of nitriles is 1. The van der Waals surface area contributed by atoms with Gasteiger partial charge in [0.05, 0.1) is 18.8 Å². The minimum atomic E-state index is -0.303. The van der Waals surface area contributed by atoms with Gasteiger partial charge in [-0.15, -0.1) is 0 Å². The maximum atomic E-state index is 9.73. The van der Waals surface area contributed by atoms with Crippen LogP contribution in [0.4, 0.5) is 0 Å². The Morgan fingerprint density at radius 2 is 2.28 bits per heavy atom. The zero-order valence-corrected chi connectivity index (χ0v) is 10.4. The molecule has 94 valence electrons. The molecule has 0 saturated heterocycles. The van der Waals surface area contributed by atoms with Crippen LogP contribution in [0, 0.1) is 16.7 Å². The van der Waals surface area contributed by atoms with Crippen molar-refractivity contribution in [3.63, 3.8) is 0 Å². The van der Waals surface area contributed by atoms with Crippen LogP contribution in [0.1, 0.15) is 42.9 Å². The normalized spacial score (nSPS) is 23.2. The molecule has 0 unspecified atom stereocenters. The van der Waals surface area contributed by atoms with E-state index in [0.717, 1.165) is 37.0 Å². The van der Waals surface area contributed by atoms with Gasteiger partial charge >= 0.3 is 0 Å². The lowest BCUT2D eigenvalue weighted by atomic mass is 10.1. The van der Waals surface area contributed by atoms with Gasteiger partial charge in [-0.05, 0) is 48.9 Å². The maximum absolute atomic E-state index is 9.73. The summed E-state index contributed by atoms with van der Waals surface area (Å²) >= 11 is 0. The maximum Gasteiger partial charge on any atom is 0.119 e. The molecular formula is C15H17NO2. The van der Waals surface area contributed by atoms with Gasteiger partial charge < -0.3 is 9.84 Å². The SMILES string of the molecule is N#CCC1(COc2ccc3c(c2)CC[C@H]3O)CC1. The first-order valence-electron chi connectivity index (χ1n) is 6.53. The lowest BCUT2D eigenvalue weighted by Crippen LogP contribution is -2.12. The molecule has 1 N–H and O–H groups in total. The van der Waals surface area contributed by atoms with Gasteiger partial charge in [-0.25, -0.2) is 0 Å². The smallest absolute Gasteiger partial charge is 0.119 e. The predicted octanol–water partition coefficient (Wildman–Crippen LogP) is 2.74. The van der Waals surface area contributed by atoms with Crippen LogP contribution in [-0.4, -0.2) is 11.7 Å². The molecule has 1 fully saturated rings. The predicted molar refractivity (Wildman–Crippen MR) is 67.1 cm³/mol. The molecule has 3 rings (SSSR count). The van der Waals surface area contributed by atoms with Gasteiger partial charge in [-0.3, -0.25) is 0 Å². The number of aliphatic hydroxyl groups excluding tert-OH is 1. The summed E-state index contributed by atoms with van der Waals surface area (Å²) in [6.07, 6.45) is 4.24. The molecule has 1 saturated carbocycles. The third kappa shape index (κ3) is 2.09. The van der Waals surface area contributed by atoms with Crippen molar-refractivity contribution in [2.75, 3.05) is 6.61 Å². The fourth-order valence-corrected chi connectivity index (χ4v) is 2.61.